The highest BCUT2D eigenvalue weighted by atomic mass is 35.5. The highest BCUT2D eigenvalue weighted by Crippen LogP contribution is 2.02. The summed E-state index contributed by atoms with van der Waals surface area (Å²) in [5, 5.41) is 10.3. The zero-order valence-electron chi connectivity index (χ0n) is 9.24. The summed E-state index contributed by atoms with van der Waals surface area (Å²) in [7, 11) is 0. The molecule has 0 spiro atoms. The van der Waals surface area contributed by atoms with E-state index in [9.17, 15) is 4.79 Å². The summed E-state index contributed by atoms with van der Waals surface area (Å²) in [4.78, 5) is 11.6. The Morgan fingerprint density at radius 1 is 1.56 bits per heavy atom. The number of aromatic nitrogens is 2. The van der Waals surface area contributed by atoms with Crippen LogP contribution in [0.25, 0.3) is 0 Å². The summed E-state index contributed by atoms with van der Waals surface area (Å²) in [6.45, 7) is 4.86. The zero-order chi connectivity index (χ0) is 12.0. The van der Waals surface area contributed by atoms with Crippen molar-refractivity contribution in [1.29, 1.82) is 0 Å². The third-order valence-electron chi connectivity index (χ3n) is 1.81. The summed E-state index contributed by atoms with van der Waals surface area (Å²) in [5.74, 6) is -0.281. The summed E-state index contributed by atoms with van der Waals surface area (Å²) < 4.78 is 5.18. The molecule has 0 radical (unpaired) electrons. The molecule has 1 unspecified atom stereocenters. The number of hydrogen-bond acceptors (Lipinski definition) is 4. The molecule has 1 aromatic heterocycles. The van der Waals surface area contributed by atoms with E-state index < -0.39 is 0 Å². The molecule has 1 rings (SSSR count). The fourth-order valence-electron chi connectivity index (χ4n) is 1.07. The van der Waals surface area contributed by atoms with Crippen LogP contribution in [0, 0.1) is 0 Å². The zero-order valence-corrected chi connectivity index (χ0v) is 9.99. The second-order valence-corrected chi connectivity index (χ2v) is 3.66. The minimum absolute atomic E-state index is 0.0649. The fraction of sp³-hybridized carbons (Fsp3) is 0.500. The molecule has 1 atom stereocenters. The summed E-state index contributed by atoms with van der Waals surface area (Å²) >= 11 is 5.57. The van der Waals surface area contributed by atoms with Crippen molar-refractivity contribution in [1.82, 2.24) is 15.5 Å². The number of halogens is 1. The predicted octanol–water partition coefficient (Wildman–Crippen LogP) is 1.28. The van der Waals surface area contributed by atoms with Gasteiger partial charge < -0.3 is 10.1 Å². The quantitative estimate of drug-likeness (QED) is 0.846. The Kier molecular flexibility index (Phi) is 5.14. The molecule has 1 amide bonds. The van der Waals surface area contributed by atoms with Crippen LogP contribution in [-0.4, -0.2) is 35.4 Å². The van der Waals surface area contributed by atoms with Crippen LogP contribution in [0.1, 0.15) is 24.3 Å². The molecule has 6 heteroatoms. The molecule has 0 saturated heterocycles. The summed E-state index contributed by atoms with van der Waals surface area (Å²) in [6, 6.07) is 2.99. The minimum atomic E-state index is -0.281. The highest BCUT2D eigenvalue weighted by molar-refractivity contribution is 6.29. The normalized spacial score (nSPS) is 12.2. The number of rotatable bonds is 5. The maximum Gasteiger partial charge on any atom is 0.272 e. The van der Waals surface area contributed by atoms with Crippen molar-refractivity contribution < 1.29 is 9.53 Å². The van der Waals surface area contributed by atoms with Crippen molar-refractivity contribution in [2.75, 3.05) is 13.2 Å². The largest absolute Gasteiger partial charge is 0.380 e. The van der Waals surface area contributed by atoms with Crippen molar-refractivity contribution in [3.63, 3.8) is 0 Å². The Balaban J connectivity index is 2.48. The third-order valence-corrected chi connectivity index (χ3v) is 2.02. The van der Waals surface area contributed by atoms with Crippen LogP contribution < -0.4 is 5.32 Å². The van der Waals surface area contributed by atoms with Crippen molar-refractivity contribution in [3.8, 4) is 0 Å². The second kappa shape index (κ2) is 6.40. The number of carbonyl (C=O) groups is 1. The maximum atomic E-state index is 11.6. The van der Waals surface area contributed by atoms with E-state index in [1.54, 1.807) is 0 Å². The smallest absolute Gasteiger partial charge is 0.272 e. The second-order valence-electron chi connectivity index (χ2n) is 3.28. The van der Waals surface area contributed by atoms with Gasteiger partial charge in [-0.1, -0.05) is 11.6 Å². The van der Waals surface area contributed by atoms with Gasteiger partial charge >= 0.3 is 0 Å². The van der Waals surface area contributed by atoms with Crippen LogP contribution in [0.5, 0.6) is 0 Å². The molecule has 0 aromatic carbocycles. The van der Waals surface area contributed by atoms with Crippen molar-refractivity contribution in [2.45, 2.75) is 19.9 Å². The summed E-state index contributed by atoms with van der Waals surface area (Å²) in [6.07, 6.45) is 0. The maximum absolute atomic E-state index is 11.6. The Morgan fingerprint density at radius 2 is 2.31 bits per heavy atom. The lowest BCUT2D eigenvalue weighted by atomic mass is 10.3. The molecule has 1 heterocycles. The van der Waals surface area contributed by atoms with E-state index in [1.165, 1.54) is 12.1 Å². The van der Waals surface area contributed by atoms with E-state index in [2.05, 4.69) is 15.5 Å². The van der Waals surface area contributed by atoms with Gasteiger partial charge in [-0.3, -0.25) is 4.79 Å². The van der Waals surface area contributed by atoms with Crippen LogP contribution >= 0.6 is 11.6 Å². The Bertz CT molecular complexity index is 342. The topological polar surface area (TPSA) is 64.1 Å². The van der Waals surface area contributed by atoms with E-state index in [-0.39, 0.29) is 22.8 Å². The Hall–Kier alpha value is -1.20. The minimum Gasteiger partial charge on any atom is -0.380 e. The average Bonchev–Trinajstić information content (AvgIpc) is 2.27. The van der Waals surface area contributed by atoms with Gasteiger partial charge in [-0.05, 0) is 26.0 Å². The van der Waals surface area contributed by atoms with Crippen molar-refractivity contribution >= 4 is 17.5 Å². The van der Waals surface area contributed by atoms with Crippen LogP contribution in [0.2, 0.25) is 5.15 Å². The first-order chi connectivity index (χ1) is 7.63. The molecule has 1 aromatic rings. The Labute approximate surface area is 99.2 Å². The molecule has 0 aliphatic rings. The third kappa shape index (κ3) is 4.12. The Morgan fingerprint density at radius 3 is 2.88 bits per heavy atom. The molecular formula is C10H14ClN3O2. The molecular weight excluding hydrogens is 230 g/mol. The first kappa shape index (κ1) is 12.9. The van der Waals surface area contributed by atoms with Gasteiger partial charge in [-0.25, -0.2) is 0 Å². The van der Waals surface area contributed by atoms with Gasteiger partial charge in [0.25, 0.3) is 5.91 Å². The molecule has 0 bridgehead atoms. The SMILES string of the molecule is CCOCC(C)NC(=O)c1ccc(Cl)nn1. The molecule has 16 heavy (non-hydrogen) atoms. The lowest BCUT2D eigenvalue weighted by molar-refractivity contribution is 0.0866. The molecule has 0 fully saturated rings. The van der Waals surface area contributed by atoms with Crippen LogP contribution in [0.4, 0.5) is 0 Å². The molecule has 88 valence electrons. The van der Waals surface area contributed by atoms with Gasteiger partial charge in [-0.15, -0.1) is 10.2 Å². The van der Waals surface area contributed by atoms with Crippen LogP contribution in [0.15, 0.2) is 12.1 Å². The van der Waals surface area contributed by atoms with Gasteiger partial charge in [0, 0.05) is 12.6 Å². The van der Waals surface area contributed by atoms with Gasteiger partial charge in [0.2, 0.25) is 0 Å². The molecule has 0 aliphatic heterocycles. The standard InChI is InChI=1S/C10H14ClN3O2/c1-3-16-6-7(2)12-10(15)8-4-5-9(11)14-13-8/h4-5,7H,3,6H2,1-2H3,(H,12,15). The first-order valence-electron chi connectivity index (χ1n) is 5.01. The van der Waals surface area contributed by atoms with E-state index in [4.69, 9.17) is 16.3 Å². The van der Waals surface area contributed by atoms with E-state index in [0.717, 1.165) is 0 Å². The van der Waals surface area contributed by atoms with Gasteiger partial charge in [0.15, 0.2) is 10.8 Å². The molecule has 0 saturated carbocycles. The summed E-state index contributed by atoms with van der Waals surface area (Å²) in [5.41, 5.74) is 0.243. The monoisotopic (exact) mass is 243 g/mol. The average molecular weight is 244 g/mol. The fourth-order valence-corrected chi connectivity index (χ4v) is 1.17. The number of hydrogen-bond donors (Lipinski definition) is 1. The van der Waals surface area contributed by atoms with E-state index in [0.29, 0.717) is 13.2 Å². The van der Waals surface area contributed by atoms with Gasteiger partial charge in [0.1, 0.15) is 0 Å². The van der Waals surface area contributed by atoms with Crippen molar-refractivity contribution in [3.05, 3.63) is 23.0 Å². The van der Waals surface area contributed by atoms with E-state index in [1.807, 2.05) is 13.8 Å². The van der Waals surface area contributed by atoms with Crippen LogP contribution in [0.3, 0.4) is 0 Å². The number of nitrogens with one attached hydrogen (secondary N) is 1. The number of amides is 1. The molecule has 1 N–H and O–H groups in total. The number of nitrogens with zero attached hydrogens (tertiary/aromatic N) is 2. The van der Waals surface area contributed by atoms with Crippen LogP contribution in [-0.2, 0) is 4.74 Å². The molecule has 5 nitrogen and oxygen atoms in total. The van der Waals surface area contributed by atoms with E-state index >= 15 is 0 Å². The number of carbonyl (C=O) groups excluding carboxylic acids is 1. The van der Waals surface area contributed by atoms with Crippen molar-refractivity contribution in [2.24, 2.45) is 0 Å². The highest BCUT2D eigenvalue weighted by Gasteiger charge is 2.11. The first-order valence-corrected chi connectivity index (χ1v) is 5.39. The van der Waals surface area contributed by atoms with Gasteiger partial charge in [0.05, 0.1) is 6.61 Å². The molecule has 0 aliphatic carbocycles. The lowest BCUT2D eigenvalue weighted by Gasteiger charge is -2.12. The number of ether oxygens (including phenoxy) is 1. The predicted molar refractivity (Wildman–Crippen MR) is 60.5 cm³/mol. The lowest BCUT2D eigenvalue weighted by Crippen LogP contribution is -2.36. The van der Waals surface area contributed by atoms with Gasteiger partial charge in [-0.2, -0.15) is 0 Å².